The summed E-state index contributed by atoms with van der Waals surface area (Å²) < 4.78 is 0. The molecule has 0 aliphatic heterocycles. The molecule has 1 unspecified atom stereocenters. The minimum Gasteiger partial charge on any atom is -0.381 e. The van der Waals surface area contributed by atoms with Crippen molar-refractivity contribution in [1.29, 1.82) is 0 Å². The number of benzene rings is 1. The van der Waals surface area contributed by atoms with Gasteiger partial charge >= 0.3 is 0 Å². The van der Waals surface area contributed by atoms with Crippen LogP contribution in [0.1, 0.15) is 25.2 Å². The number of aromatic amines is 1. The second-order valence-corrected chi connectivity index (χ2v) is 4.53. The summed E-state index contributed by atoms with van der Waals surface area (Å²) in [6.45, 7) is 2.07. The fraction of sp³-hybridized carbons (Fsp3) is 0.214. The van der Waals surface area contributed by atoms with Gasteiger partial charge in [-0.1, -0.05) is 19.1 Å². The fourth-order valence-electron chi connectivity index (χ4n) is 2.12. The molecule has 0 radical (unpaired) electrons. The highest BCUT2D eigenvalue weighted by molar-refractivity contribution is 5.79. The van der Waals surface area contributed by atoms with Crippen molar-refractivity contribution in [3.63, 3.8) is 0 Å². The van der Waals surface area contributed by atoms with Crippen LogP contribution in [-0.4, -0.2) is 19.9 Å². The van der Waals surface area contributed by atoms with E-state index in [2.05, 4.69) is 32.2 Å². The fourth-order valence-corrected chi connectivity index (χ4v) is 2.12. The Kier molecular flexibility index (Phi) is 3.20. The van der Waals surface area contributed by atoms with Crippen LogP contribution in [0.3, 0.4) is 0 Å². The Balaban J connectivity index is 1.95. The van der Waals surface area contributed by atoms with Crippen LogP contribution in [0.15, 0.2) is 36.7 Å². The third kappa shape index (κ3) is 2.27. The zero-order chi connectivity index (χ0) is 13.9. The maximum atomic E-state index is 5.98. The first kappa shape index (κ1) is 12.4. The van der Waals surface area contributed by atoms with E-state index >= 15 is 0 Å². The van der Waals surface area contributed by atoms with E-state index in [1.165, 1.54) is 0 Å². The van der Waals surface area contributed by atoms with E-state index in [0.29, 0.717) is 11.6 Å². The number of fused-ring (bicyclic) bond motifs is 1. The molecule has 0 saturated carbocycles. The third-order valence-corrected chi connectivity index (χ3v) is 3.17. The first-order valence-corrected chi connectivity index (χ1v) is 6.56. The van der Waals surface area contributed by atoms with Crippen molar-refractivity contribution in [1.82, 2.24) is 19.9 Å². The number of anilines is 2. The topological polar surface area (TPSA) is 92.5 Å². The van der Waals surface area contributed by atoms with E-state index in [1.54, 1.807) is 12.4 Å². The Labute approximate surface area is 116 Å². The summed E-state index contributed by atoms with van der Waals surface area (Å²) in [5, 5.41) is 3.30. The molecule has 6 heteroatoms. The summed E-state index contributed by atoms with van der Waals surface area (Å²) in [6, 6.07) is 7.69. The van der Waals surface area contributed by atoms with Gasteiger partial charge in [-0.15, -0.1) is 0 Å². The van der Waals surface area contributed by atoms with Crippen molar-refractivity contribution in [3.05, 3.63) is 42.5 Å². The van der Waals surface area contributed by atoms with E-state index < -0.39 is 0 Å². The minimum atomic E-state index is 0.0303. The van der Waals surface area contributed by atoms with Crippen LogP contribution in [0.5, 0.6) is 0 Å². The summed E-state index contributed by atoms with van der Waals surface area (Å²) in [4.78, 5) is 16.3. The largest absolute Gasteiger partial charge is 0.381 e. The minimum absolute atomic E-state index is 0.0303. The van der Waals surface area contributed by atoms with Crippen LogP contribution < -0.4 is 11.1 Å². The first-order chi connectivity index (χ1) is 9.78. The molecular weight excluding hydrogens is 252 g/mol. The molecule has 6 nitrogen and oxygen atoms in total. The van der Waals surface area contributed by atoms with Crippen LogP contribution >= 0.6 is 0 Å². The third-order valence-electron chi connectivity index (χ3n) is 3.17. The molecule has 0 fully saturated rings. The molecule has 4 N–H and O–H groups in total. The van der Waals surface area contributed by atoms with Crippen molar-refractivity contribution >= 4 is 22.7 Å². The van der Waals surface area contributed by atoms with E-state index in [1.807, 2.05) is 24.3 Å². The van der Waals surface area contributed by atoms with Gasteiger partial charge in [0.05, 0.1) is 17.1 Å². The number of para-hydroxylation sites is 2. The van der Waals surface area contributed by atoms with Gasteiger partial charge in [0.15, 0.2) is 11.6 Å². The van der Waals surface area contributed by atoms with E-state index in [-0.39, 0.29) is 6.04 Å². The lowest BCUT2D eigenvalue weighted by Crippen LogP contribution is -2.14. The summed E-state index contributed by atoms with van der Waals surface area (Å²) in [6.07, 6.45) is 4.39. The molecule has 0 aliphatic carbocycles. The van der Waals surface area contributed by atoms with Gasteiger partial charge in [0.1, 0.15) is 5.82 Å². The molecule has 2 heterocycles. The second-order valence-electron chi connectivity index (χ2n) is 4.53. The Morgan fingerprint density at radius 3 is 2.65 bits per heavy atom. The van der Waals surface area contributed by atoms with Gasteiger partial charge in [0.25, 0.3) is 0 Å². The first-order valence-electron chi connectivity index (χ1n) is 6.56. The van der Waals surface area contributed by atoms with Gasteiger partial charge in [-0.05, 0) is 18.6 Å². The number of hydrogen-bond acceptors (Lipinski definition) is 5. The van der Waals surface area contributed by atoms with Crippen molar-refractivity contribution < 1.29 is 0 Å². The molecule has 1 atom stereocenters. The number of imidazole rings is 1. The van der Waals surface area contributed by atoms with E-state index in [4.69, 9.17) is 5.73 Å². The zero-order valence-corrected chi connectivity index (χ0v) is 11.2. The van der Waals surface area contributed by atoms with Crippen LogP contribution in [0.2, 0.25) is 0 Å². The molecule has 0 amide bonds. The van der Waals surface area contributed by atoms with Gasteiger partial charge < -0.3 is 16.0 Å². The highest BCUT2D eigenvalue weighted by Gasteiger charge is 2.14. The lowest BCUT2D eigenvalue weighted by atomic mass is 10.2. The highest BCUT2D eigenvalue weighted by Crippen LogP contribution is 2.24. The molecule has 3 aromatic rings. The van der Waals surface area contributed by atoms with Gasteiger partial charge in [0.2, 0.25) is 0 Å². The molecule has 0 saturated heterocycles. The molecule has 1 aromatic carbocycles. The SMILES string of the molecule is CCC(Nc1nc2ccccc2nc1N)c1ncc[nH]1. The van der Waals surface area contributed by atoms with Crippen molar-refractivity contribution in [2.24, 2.45) is 0 Å². The van der Waals surface area contributed by atoms with E-state index in [0.717, 1.165) is 23.3 Å². The number of rotatable bonds is 4. The van der Waals surface area contributed by atoms with Crippen LogP contribution in [0.25, 0.3) is 11.0 Å². The predicted octanol–water partition coefficient (Wildman–Crippen LogP) is 2.50. The maximum Gasteiger partial charge on any atom is 0.170 e. The Morgan fingerprint density at radius 2 is 2.00 bits per heavy atom. The average molecular weight is 268 g/mol. The number of hydrogen-bond donors (Lipinski definition) is 3. The molecule has 0 spiro atoms. The zero-order valence-electron chi connectivity index (χ0n) is 11.2. The lowest BCUT2D eigenvalue weighted by molar-refractivity contribution is 0.701. The molecule has 2 aromatic heterocycles. The van der Waals surface area contributed by atoms with Crippen LogP contribution in [0, 0.1) is 0 Å². The van der Waals surface area contributed by atoms with Crippen molar-refractivity contribution in [2.45, 2.75) is 19.4 Å². The van der Waals surface area contributed by atoms with Crippen molar-refractivity contribution in [3.8, 4) is 0 Å². The van der Waals surface area contributed by atoms with Crippen LogP contribution in [-0.2, 0) is 0 Å². The number of H-pyrrole nitrogens is 1. The predicted molar refractivity (Wildman–Crippen MR) is 79.2 cm³/mol. The second kappa shape index (κ2) is 5.16. The van der Waals surface area contributed by atoms with Gasteiger partial charge in [-0.3, -0.25) is 0 Å². The molecule has 0 aliphatic rings. The van der Waals surface area contributed by atoms with Gasteiger partial charge in [0, 0.05) is 12.4 Å². The number of nitrogens with two attached hydrogens (primary N) is 1. The number of nitrogens with zero attached hydrogens (tertiary/aromatic N) is 3. The molecule has 3 rings (SSSR count). The number of aromatic nitrogens is 4. The Morgan fingerprint density at radius 1 is 1.25 bits per heavy atom. The summed E-state index contributed by atoms with van der Waals surface area (Å²) in [7, 11) is 0. The lowest BCUT2D eigenvalue weighted by Gasteiger charge is -2.16. The number of nitrogen functional groups attached to an aromatic ring is 1. The smallest absolute Gasteiger partial charge is 0.170 e. The highest BCUT2D eigenvalue weighted by atomic mass is 15.1. The summed E-state index contributed by atoms with van der Waals surface area (Å²) >= 11 is 0. The Hall–Kier alpha value is -2.63. The monoisotopic (exact) mass is 268 g/mol. The summed E-state index contributed by atoms with van der Waals surface area (Å²) in [5.41, 5.74) is 7.59. The van der Waals surface area contributed by atoms with E-state index in [9.17, 15) is 0 Å². The van der Waals surface area contributed by atoms with Gasteiger partial charge in [-0.2, -0.15) is 0 Å². The standard InChI is InChI=1S/C14H16N6/c1-2-9(13-16-7-8-17-13)19-14-12(15)18-10-5-3-4-6-11(10)20-14/h3-9H,2H2,1H3,(H2,15,18)(H,16,17)(H,19,20). The molecule has 0 bridgehead atoms. The number of nitrogens with one attached hydrogen (secondary N) is 2. The summed E-state index contributed by atoms with van der Waals surface area (Å²) in [5.74, 6) is 1.85. The molecular formula is C14H16N6. The average Bonchev–Trinajstić information content (AvgIpc) is 2.99. The quantitative estimate of drug-likeness (QED) is 0.676. The molecule has 20 heavy (non-hydrogen) atoms. The normalized spacial score (nSPS) is 12.4. The Bertz CT molecular complexity index is 707. The van der Waals surface area contributed by atoms with Crippen molar-refractivity contribution in [2.75, 3.05) is 11.1 Å². The molecule has 102 valence electrons. The van der Waals surface area contributed by atoms with Gasteiger partial charge in [-0.25, -0.2) is 15.0 Å². The van der Waals surface area contributed by atoms with Crippen LogP contribution in [0.4, 0.5) is 11.6 Å². The maximum absolute atomic E-state index is 5.98.